The van der Waals surface area contributed by atoms with E-state index >= 15 is 0 Å². The predicted octanol–water partition coefficient (Wildman–Crippen LogP) is -0.438. The maximum absolute atomic E-state index is 10.7. The average molecular weight is 226 g/mol. The van der Waals surface area contributed by atoms with Crippen molar-refractivity contribution < 1.29 is 15.3 Å². The molecule has 0 atom stereocenters. The zero-order valence-electron chi connectivity index (χ0n) is 8.93. The molecular weight excluding hydrogens is 210 g/mol. The molecule has 16 heavy (non-hydrogen) atoms. The third kappa shape index (κ3) is 3.84. The molecule has 0 saturated carbocycles. The summed E-state index contributed by atoms with van der Waals surface area (Å²) in [4.78, 5) is 10.3. The van der Waals surface area contributed by atoms with Crippen LogP contribution in [0.1, 0.15) is 0 Å². The second kappa shape index (κ2) is 6.76. The highest BCUT2D eigenvalue weighted by Crippen LogP contribution is 2.22. The van der Waals surface area contributed by atoms with Crippen LogP contribution in [0.25, 0.3) is 0 Å². The summed E-state index contributed by atoms with van der Waals surface area (Å²) in [5.41, 5.74) is 0.620. The molecule has 0 bridgehead atoms. The van der Waals surface area contributed by atoms with Crippen LogP contribution >= 0.6 is 0 Å². The van der Waals surface area contributed by atoms with Gasteiger partial charge in [-0.3, -0.25) is 10.1 Å². The highest BCUT2D eigenvalue weighted by Gasteiger charge is 2.11. The Bertz CT molecular complexity index is 344. The van der Waals surface area contributed by atoms with Gasteiger partial charge in [0, 0.05) is 6.07 Å². The summed E-state index contributed by atoms with van der Waals surface area (Å²) in [7, 11) is 0. The molecule has 6 nitrogen and oxygen atoms in total. The third-order valence-corrected chi connectivity index (χ3v) is 2.10. The molecule has 1 aromatic carbocycles. The highest BCUT2D eigenvalue weighted by molar-refractivity contribution is 5.60. The van der Waals surface area contributed by atoms with Crippen molar-refractivity contribution in [2.24, 2.45) is 0 Å². The topological polar surface area (TPSA) is 92.0 Å². The molecule has 0 fully saturated rings. The molecule has 0 amide bonds. The van der Waals surface area contributed by atoms with E-state index in [-0.39, 0.29) is 12.3 Å². The fourth-order valence-corrected chi connectivity index (χ4v) is 1.33. The van der Waals surface area contributed by atoms with Gasteiger partial charge in [-0.05, 0) is 6.07 Å². The monoisotopic (exact) mass is 226 g/mol. The Balaban J connectivity index is 2.44. The van der Waals surface area contributed by atoms with Gasteiger partial charge in [-0.2, -0.15) is 0 Å². The number of nitrogens with zero attached hydrogens (tertiary/aromatic N) is 1. The number of anilines is 1. The van der Waals surface area contributed by atoms with Crippen molar-refractivity contribution >= 4 is 11.4 Å². The molecule has 0 aliphatic rings. The quantitative estimate of drug-likeness (QED) is 0.334. The van der Waals surface area contributed by atoms with Gasteiger partial charge in [-0.25, -0.2) is 0 Å². The molecule has 0 spiro atoms. The van der Waals surface area contributed by atoms with Gasteiger partial charge >= 0.3 is 0 Å². The van der Waals surface area contributed by atoms with Crippen LogP contribution in [0.5, 0.6) is 0 Å². The molecule has 0 unspecified atom stereocenters. The van der Waals surface area contributed by atoms with Crippen molar-refractivity contribution in [2.45, 2.75) is 0 Å². The number of quaternary nitrogens is 1. The Hall–Kier alpha value is -1.66. The average Bonchev–Trinajstić information content (AvgIpc) is 2.29. The number of aliphatic hydroxyl groups excluding tert-OH is 1. The Morgan fingerprint density at radius 3 is 2.81 bits per heavy atom. The van der Waals surface area contributed by atoms with Gasteiger partial charge in [0.05, 0.1) is 31.2 Å². The Morgan fingerprint density at radius 1 is 1.38 bits per heavy atom. The molecule has 0 saturated heterocycles. The molecule has 1 rings (SSSR count). The van der Waals surface area contributed by atoms with Gasteiger partial charge in [0.15, 0.2) is 0 Å². The summed E-state index contributed by atoms with van der Waals surface area (Å²) >= 11 is 0. The van der Waals surface area contributed by atoms with E-state index in [2.05, 4.69) is 5.32 Å². The number of hydrogen-bond donors (Lipinski definition) is 3. The van der Waals surface area contributed by atoms with Crippen LogP contribution in [0, 0.1) is 10.1 Å². The van der Waals surface area contributed by atoms with E-state index in [0.29, 0.717) is 18.8 Å². The minimum absolute atomic E-state index is 0.0876. The van der Waals surface area contributed by atoms with Crippen molar-refractivity contribution in [2.75, 3.05) is 31.6 Å². The SMILES string of the molecule is O=[N+]([O-])c1ccccc1NCC[NH2+]CCO. The van der Waals surface area contributed by atoms with Crippen molar-refractivity contribution in [1.29, 1.82) is 0 Å². The number of benzene rings is 1. The number of nitro benzene ring substituents is 1. The van der Waals surface area contributed by atoms with Crippen LogP contribution in [-0.4, -0.2) is 36.3 Å². The van der Waals surface area contributed by atoms with E-state index in [0.717, 1.165) is 6.54 Å². The summed E-state index contributed by atoms with van der Waals surface area (Å²) in [5, 5.41) is 24.2. The van der Waals surface area contributed by atoms with Gasteiger partial charge < -0.3 is 15.7 Å². The Labute approximate surface area is 93.4 Å². The van der Waals surface area contributed by atoms with Gasteiger partial charge in [0.25, 0.3) is 5.69 Å². The first-order chi connectivity index (χ1) is 7.75. The van der Waals surface area contributed by atoms with Gasteiger partial charge in [-0.1, -0.05) is 12.1 Å². The highest BCUT2D eigenvalue weighted by atomic mass is 16.6. The first-order valence-corrected chi connectivity index (χ1v) is 5.15. The van der Waals surface area contributed by atoms with Crippen molar-refractivity contribution in [3.8, 4) is 0 Å². The normalized spacial score (nSPS) is 10.1. The first kappa shape index (κ1) is 12.4. The van der Waals surface area contributed by atoms with Crippen LogP contribution in [0.15, 0.2) is 24.3 Å². The summed E-state index contributed by atoms with van der Waals surface area (Å²) in [6.45, 7) is 2.20. The fourth-order valence-electron chi connectivity index (χ4n) is 1.33. The number of aliphatic hydroxyl groups is 1. The fraction of sp³-hybridized carbons (Fsp3) is 0.400. The van der Waals surface area contributed by atoms with E-state index < -0.39 is 4.92 Å². The standard InChI is InChI=1S/C10H15N3O3/c14-8-7-11-5-6-12-9-3-1-2-4-10(9)13(15)16/h1-4,11-12,14H,5-8H2/p+1. The maximum atomic E-state index is 10.7. The lowest BCUT2D eigenvalue weighted by atomic mass is 10.2. The Morgan fingerprint density at radius 2 is 2.12 bits per heavy atom. The predicted molar refractivity (Wildman–Crippen MR) is 60.3 cm³/mol. The number of para-hydroxylation sites is 2. The summed E-state index contributed by atoms with van der Waals surface area (Å²) in [6.07, 6.45) is 0. The van der Waals surface area contributed by atoms with Gasteiger partial charge in [-0.15, -0.1) is 0 Å². The van der Waals surface area contributed by atoms with Crippen LogP contribution < -0.4 is 10.6 Å². The minimum Gasteiger partial charge on any atom is -0.391 e. The lowest BCUT2D eigenvalue weighted by Crippen LogP contribution is -2.86. The molecule has 0 aromatic heterocycles. The summed E-state index contributed by atoms with van der Waals surface area (Å²) in [5.74, 6) is 0. The summed E-state index contributed by atoms with van der Waals surface area (Å²) < 4.78 is 0. The zero-order chi connectivity index (χ0) is 11.8. The molecule has 0 radical (unpaired) electrons. The second-order valence-corrected chi connectivity index (χ2v) is 3.29. The van der Waals surface area contributed by atoms with E-state index in [1.54, 1.807) is 18.2 Å². The smallest absolute Gasteiger partial charge is 0.292 e. The number of hydrogen-bond acceptors (Lipinski definition) is 4. The first-order valence-electron chi connectivity index (χ1n) is 5.15. The molecule has 4 N–H and O–H groups in total. The van der Waals surface area contributed by atoms with Gasteiger partial charge in [0.2, 0.25) is 0 Å². The van der Waals surface area contributed by atoms with Crippen molar-refractivity contribution in [3.63, 3.8) is 0 Å². The minimum atomic E-state index is -0.403. The Kier molecular flexibility index (Phi) is 5.24. The molecule has 6 heteroatoms. The van der Waals surface area contributed by atoms with Crippen LogP contribution in [-0.2, 0) is 0 Å². The third-order valence-electron chi connectivity index (χ3n) is 2.10. The van der Waals surface area contributed by atoms with Gasteiger partial charge in [0.1, 0.15) is 5.69 Å². The molecule has 0 heterocycles. The lowest BCUT2D eigenvalue weighted by molar-refractivity contribution is -0.653. The van der Waals surface area contributed by atoms with E-state index in [1.165, 1.54) is 6.07 Å². The van der Waals surface area contributed by atoms with Crippen molar-refractivity contribution in [1.82, 2.24) is 0 Å². The molecule has 0 aliphatic heterocycles. The largest absolute Gasteiger partial charge is 0.391 e. The maximum Gasteiger partial charge on any atom is 0.292 e. The molecule has 1 aromatic rings. The number of rotatable bonds is 7. The number of nitrogens with one attached hydrogen (secondary N) is 1. The van der Waals surface area contributed by atoms with E-state index in [9.17, 15) is 10.1 Å². The van der Waals surface area contributed by atoms with Crippen molar-refractivity contribution in [3.05, 3.63) is 34.4 Å². The zero-order valence-corrected chi connectivity index (χ0v) is 8.93. The van der Waals surface area contributed by atoms with Crippen LogP contribution in [0.2, 0.25) is 0 Å². The molecular formula is C10H16N3O3+. The van der Waals surface area contributed by atoms with E-state index in [1.807, 2.05) is 5.32 Å². The van der Waals surface area contributed by atoms with Crippen LogP contribution in [0.4, 0.5) is 11.4 Å². The molecule has 0 aliphatic carbocycles. The second-order valence-electron chi connectivity index (χ2n) is 3.29. The number of nitro groups is 1. The van der Waals surface area contributed by atoms with Crippen LogP contribution in [0.3, 0.4) is 0 Å². The molecule has 88 valence electrons. The number of nitrogens with two attached hydrogens (primary N) is 1. The summed E-state index contributed by atoms with van der Waals surface area (Å²) in [6, 6.07) is 6.55. The lowest BCUT2D eigenvalue weighted by Gasteiger charge is -2.05. The van der Waals surface area contributed by atoms with E-state index in [4.69, 9.17) is 5.11 Å².